The summed E-state index contributed by atoms with van der Waals surface area (Å²) in [6, 6.07) is 0. The second-order valence-electron chi connectivity index (χ2n) is 12.7. The van der Waals surface area contributed by atoms with E-state index in [0.717, 1.165) is 62.2 Å². The number of ketones is 2. The van der Waals surface area contributed by atoms with Crippen molar-refractivity contribution in [3.05, 3.63) is 0 Å². The fourth-order valence-electron chi connectivity index (χ4n) is 9.36. The first kappa shape index (κ1) is 24.4. The van der Waals surface area contributed by atoms with Gasteiger partial charge in [0, 0.05) is 25.9 Å². The van der Waals surface area contributed by atoms with Crippen molar-refractivity contribution in [3.8, 4) is 0 Å². The Hall–Kier alpha value is -0.700. The van der Waals surface area contributed by atoms with Gasteiger partial charge in [0.2, 0.25) is 0 Å². The molecule has 0 amide bonds. The van der Waals surface area contributed by atoms with Crippen molar-refractivity contribution in [2.24, 2.45) is 46.3 Å². The molecule has 0 aromatic carbocycles. The number of fused-ring (bicyclic) bond motifs is 5. The molecule has 3 heteroatoms. The minimum absolute atomic E-state index is 0.322. The molecule has 0 radical (unpaired) electrons. The first-order valence-electron chi connectivity index (χ1n) is 13.9. The molecule has 0 aromatic rings. The van der Waals surface area contributed by atoms with Crippen LogP contribution in [-0.2, 0) is 9.59 Å². The molecule has 0 heterocycles. The minimum atomic E-state index is 0.322. The lowest BCUT2D eigenvalue weighted by atomic mass is 9.42. The molecule has 1 unspecified atom stereocenters. The van der Waals surface area contributed by atoms with Gasteiger partial charge in [-0.25, -0.2) is 0 Å². The Labute approximate surface area is 196 Å². The normalized spacial score (nSPS) is 43.4. The Morgan fingerprint density at radius 3 is 2.44 bits per heavy atom. The summed E-state index contributed by atoms with van der Waals surface area (Å²) in [5, 5.41) is 9.05. The van der Waals surface area contributed by atoms with Crippen LogP contribution in [0.4, 0.5) is 0 Å². The smallest absolute Gasteiger partial charge is 0.133 e. The van der Waals surface area contributed by atoms with E-state index in [2.05, 4.69) is 13.8 Å². The molecule has 0 aromatic heterocycles. The summed E-state index contributed by atoms with van der Waals surface area (Å²) in [6.45, 7) is 7.20. The molecule has 4 rings (SSSR count). The number of Topliss-reactive ketones (excluding diaryl/α,β-unsaturated/α-hetero) is 2. The Kier molecular flexibility index (Phi) is 7.54. The lowest BCUT2D eigenvalue weighted by Crippen LogP contribution is -2.56. The van der Waals surface area contributed by atoms with Crippen molar-refractivity contribution in [3.63, 3.8) is 0 Å². The Morgan fingerprint density at radius 2 is 1.69 bits per heavy atom. The van der Waals surface area contributed by atoms with Gasteiger partial charge in [0.15, 0.2) is 0 Å². The van der Waals surface area contributed by atoms with E-state index < -0.39 is 0 Å². The number of aliphatic hydroxyl groups is 1. The summed E-state index contributed by atoms with van der Waals surface area (Å²) in [6.07, 6.45) is 17.2. The lowest BCUT2D eigenvalue weighted by molar-refractivity contribution is -0.153. The molecule has 4 aliphatic carbocycles. The molecule has 32 heavy (non-hydrogen) atoms. The highest BCUT2D eigenvalue weighted by Crippen LogP contribution is 2.69. The van der Waals surface area contributed by atoms with Gasteiger partial charge in [0.1, 0.15) is 11.6 Å². The third-order valence-electron chi connectivity index (χ3n) is 11.1. The topological polar surface area (TPSA) is 54.4 Å². The predicted octanol–water partition coefficient (Wildman–Crippen LogP) is 6.75. The fraction of sp³-hybridized carbons (Fsp3) is 0.931. The van der Waals surface area contributed by atoms with E-state index in [0.29, 0.717) is 40.8 Å². The van der Waals surface area contributed by atoms with E-state index in [1.807, 2.05) is 0 Å². The van der Waals surface area contributed by atoms with Crippen molar-refractivity contribution in [1.82, 2.24) is 0 Å². The number of hydrogen-bond donors (Lipinski definition) is 1. The van der Waals surface area contributed by atoms with E-state index in [4.69, 9.17) is 5.11 Å². The molecule has 8 atom stereocenters. The molecular formula is C29H48O3. The van der Waals surface area contributed by atoms with Crippen LogP contribution in [0.3, 0.4) is 0 Å². The largest absolute Gasteiger partial charge is 0.396 e. The molecule has 1 N–H and O–H groups in total. The van der Waals surface area contributed by atoms with Gasteiger partial charge >= 0.3 is 0 Å². The van der Waals surface area contributed by atoms with Crippen LogP contribution < -0.4 is 0 Å². The molecule has 4 saturated carbocycles. The maximum Gasteiger partial charge on any atom is 0.133 e. The number of unbranched alkanes of at least 4 members (excludes halogenated alkanes) is 4. The van der Waals surface area contributed by atoms with Crippen molar-refractivity contribution in [1.29, 1.82) is 0 Å². The van der Waals surface area contributed by atoms with Crippen LogP contribution >= 0.6 is 0 Å². The van der Waals surface area contributed by atoms with Gasteiger partial charge in [0.05, 0.1) is 0 Å². The van der Waals surface area contributed by atoms with Crippen molar-refractivity contribution < 1.29 is 14.7 Å². The zero-order valence-electron chi connectivity index (χ0n) is 21.0. The number of hydrogen-bond acceptors (Lipinski definition) is 3. The number of rotatable bonds is 9. The minimum Gasteiger partial charge on any atom is -0.396 e. The highest BCUT2D eigenvalue weighted by molar-refractivity contribution is 5.79. The molecule has 0 spiro atoms. The number of carbonyl (C=O) groups excluding carboxylic acids is 2. The van der Waals surface area contributed by atoms with E-state index in [-0.39, 0.29) is 0 Å². The SMILES string of the molecule is CC(=O)CC1CC[C@H]2[C@@H]3[C@H](CCCCCCCO)C[C@H]4CC(=O)CC[C@]4(C)[C@H]3CC[C@]12C. The van der Waals surface area contributed by atoms with E-state index >= 15 is 0 Å². The Morgan fingerprint density at radius 1 is 0.969 bits per heavy atom. The fourth-order valence-corrected chi connectivity index (χ4v) is 9.36. The Bertz CT molecular complexity index is 686. The van der Waals surface area contributed by atoms with Crippen molar-refractivity contribution >= 4 is 11.6 Å². The van der Waals surface area contributed by atoms with Gasteiger partial charge < -0.3 is 9.90 Å². The third kappa shape index (κ3) is 4.49. The maximum atomic E-state index is 12.4. The van der Waals surface area contributed by atoms with Gasteiger partial charge in [-0.1, -0.05) is 46.0 Å². The highest BCUT2D eigenvalue weighted by atomic mass is 16.2. The number of carbonyl (C=O) groups is 2. The average Bonchev–Trinajstić information content (AvgIpc) is 3.07. The molecule has 182 valence electrons. The van der Waals surface area contributed by atoms with Gasteiger partial charge in [-0.2, -0.15) is 0 Å². The highest BCUT2D eigenvalue weighted by Gasteiger charge is 2.62. The molecule has 0 aliphatic heterocycles. The quantitative estimate of drug-likeness (QED) is 0.400. The molecule has 0 saturated heterocycles. The average molecular weight is 445 g/mol. The second kappa shape index (κ2) is 9.88. The van der Waals surface area contributed by atoms with Gasteiger partial charge in [0.25, 0.3) is 0 Å². The molecule has 4 fully saturated rings. The zero-order chi connectivity index (χ0) is 22.9. The predicted molar refractivity (Wildman–Crippen MR) is 129 cm³/mol. The first-order chi connectivity index (χ1) is 15.3. The summed E-state index contributed by atoms with van der Waals surface area (Å²) in [5.74, 6) is 5.20. The standard InChI is InChI=1S/C29H48O3/c1-20(31)17-22-10-11-25-27-21(9-7-5-4-6-8-16-30)18-23-19-24(32)12-14-29(23,3)26(27)13-15-28(22,25)2/h21-23,25-27,30H,4-19H2,1-3H3/t21-,22?,23+,25+,26+,27+,28-,29+/m1/s1. The second-order valence-corrected chi connectivity index (χ2v) is 12.7. The van der Waals surface area contributed by atoms with Crippen LogP contribution in [0.1, 0.15) is 117 Å². The lowest BCUT2D eigenvalue weighted by Gasteiger charge is -2.63. The van der Waals surface area contributed by atoms with Crippen LogP contribution in [-0.4, -0.2) is 23.3 Å². The van der Waals surface area contributed by atoms with Crippen LogP contribution in [0.25, 0.3) is 0 Å². The van der Waals surface area contributed by atoms with Gasteiger partial charge in [-0.15, -0.1) is 0 Å². The van der Waals surface area contributed by atoms with Crippen molar-refractivity contribution in [2.45, 2.75) is 117 Å². The first-order valence-corrected chi connectivity index (χ1v) is 13.9. The van der Waals surface area contributed by atoms with Crippen LogP contribution in [0, 0.1) is 46.3 Å². The summed E-state index contributed by atoms with van der Waals surface area (Å²) < 4.78 is 0. The van der Waals surface area contributed by atoms with Gasteiger partial charge in [-0.05, 0) is 98.2 Å². The van der Waals surface area contributed by atoms with Crippen molar-refractivity contribution in [2.75, 3.05) is 6.61 Å². The molecule has 3 nitrogen and oxygen atoms in total. The third-order valence-corrected chi connectivity index (χ3v) is 11.1. The summed E-state index contributed by atoms with van der Waals surface area (Å²) >= 11 is 0. The van der Waals surface area contributed by atoms with Gasteiger partial charge in [-0.3, -0.25) is 4.79 Å². The molecular weight excluding hydrogens is 396 g/mol. The van der Waals surface area contributed by atoms with Crippen LogP contribution in [0.15, 0.2) is 0 Å². The van der Waals surface area contributed by atoms with E-state index in [1.54, 1.807) is 6.92 Å². The molecule has 4 aliphatic rings. The Balaban J connectivity index is 1.54. The van der Waals surface area contributed by atoms with E-state index in [9.17, 15) is 9.59 Å². The van der Waals surface area contributed by atoms with E-state index in [1.165, 1.54) is 57.8 Å². The van der Waals surface area contributed by atoms with Crippen LogP contribution in [0.2, 0.25) is 0 Å². The molecule has 0 bridgehead atoms. The summed E-state index contributed by atoms with van der Waals surface area (Å²) in [7, 11) is 0. The maximum absolute atomic E-state index is 12.4. The zero-order valence-corrected chi connectivity index (χ0v) is 21.0. The monoisotopic (exact) mass is 444 g/mol. The van der Waals surface area contributed by atoms with Crippen LogP contribution in [0.5, 0.6) is 0 Å². The number of aliphatic hydroxyl groups excluding tert-OH is 1. The summed E-state index contributed by atoms with van der Waals surface area (Å²) in [5.41, 5.74) is 0.704. The summed E-state index contributed by atoms with van der Waals surface area (Å²) in [4.78, 5) is 24.4.